The summed E-state index contributed by atoms with van der Waals surface area (Å²) < 4.78 is 0. The standard InChI is InChI=1S/C21H23NO2/c1-3-18-15(2)22(14-16-10-6-4-7-11-16)21(24)19(18)20(23)17-12-8-5-9-13-17/h4-13,15,18-19H,3,14H2,1-2H3/t15-,18-,19-/m0/s1. The Morgan fingerprint density at radius 3 is 2.17 bits per heavy atom. The molecule has 124 valence electrons. The molecule has 3 atom stereocenters. The van der Waals surface area contributed by atoms with Crippen LogP contribution in [-0.2, 0) is 11.3 Å². The van der Waals surface area contributed by atoms with Gasteiger partial charge in [-0.25, -0.2) is 0 Å². The van der Waals surface area contributed by atoms with Crippen LogP contribution in [0.5, 0.6) is 0 Å². The third-order valence-corrected chi connectivity index (χ3v) is 5.10. The van der Waals surface area contributed by atoms with E-state index in [1.165, 1.54) is 0 Å². The highest BCUT2D eigenvalue weighted by Gasteiger charge is 2.48. The van der Waals surface area contributed by atoms with Gasteiger partial charge in [0.25, 0.3) is 0 Å². The van der Waals surface area contributed by atoms with Crippen molar-refractivity contribution in [1.29, 1.82) is 0 Å². The number of benzene rings is 2. The van der Waals surface area contributed by atoms with Crippen LogP contribution in [0.2, 0.25) is 0 Å². The van der Waals surface area contributed by atoms with Crippen LogP contribution in [-0.4, -0.2) is 22.6 Å². The van der Waals surface area contributed by atoms with Gasteiger partial charge in [-0.15, -0.1) is 0 Å². The van der Waals surface area contributed by atoms with Gasteiger partial charge in [0.05, 0.1) is 0 Å². The van der Waals surface area contributed by atoms with Crippen molar-refractivity contribution in [2.24, 2.45) is 11.8 Å². The molecule has 3 nitrogen and oxygen atoms in total. The van der Waals surface area contributed by atoms with E-state index in [2.05, 4.69) is 13.8 Å². The Morgan fingerprint density at radius 2 is 1.58 bits per heavy atom. The van der Waals surface area contributed by atoms with Gasteiger partial charge in [-0.2, -0.15) is 0 Å². The SMILES string of the molecule is CC[C@@H]1[C@@H](C(=O)c2ccccc2)C(=O)N(Cc2ccccc2)[C@H]1C. The van der Waals surface area contributed by atoms with Gasteiger partial charge < -0.3 is 4.90 Å². The number of hydrogen-bond donors (Lipinski definition) is 0. The fraction of sp³-hybridized carbons (Fsp3) is 0.333. The van der Waals surface area contributed by atoms with Gasteiger partial charge in [-0.3, -0.25) is 9.59 Å². The van der Waals surface area contributed by atoms with E-state index in [0.29, 0.717) is 12.1 Å². The number of hydrogen-bond acceptors (Lipinski definition) is 2. The minimum absolute atomic E-state index is 0.0351. The molecule has 2 aromatic carbocycles. The molecule has 0 N–H and O–H groups in total. The molecule has 0 unspecified atom stereocenters. The lowest BCUT2D eigenvalue weighted by atomic mass is 9.83. The molecule has 0 saturated carbocycles. The second-order valence-electron chi connectivity index (χ2n) is 6.47. The molecule has 1 fully saturated rings. The Kier molecular flexibility index (Phi) is 4.79. The van der Waals surface area contributed by atoms with Crippen LogP contribution in [0.1, 0.15) is 36.2 Å². The van der Waals surface area contributed by atoms with E-state index in [1.54, 1.807) is 12.1 Å². The zero-order valence-electron chi connectivity index (χ0n) is 14.2. The van der Waals surface area contributed by atoms with Crippen molar-refractivity contribution in [3.05, 3.63) is 71.8 Å². The summed E-state index contributed by atoms with van der Waals surface area (Å²) in [5.41, 5.74) is 1.73. The number of carbonyl (C=O) groups is 2. The van der Waals surface area contributed by atoms with Crippen molar-refractivity contribution in [2.45, 2.75) is 32.9 Å². The molecule has 3 rings (SSSR count). The van der Waals surface area contributed by atoms with E-state index in [4.69, 9.17) is 0 Å². The van der Waals surface area contributed by atoms with E-state index >= 15 is 0 Å². The monoisotopic (exact) mass is 321 g/mol. The first-order chi connectivity index (χ1) is 11.6. The van der Waals surface area contributed by atoms with E-state index in [9.17, 15) is 9.59 Å². The number of Topliss-reactive ketones (excluding diaryl/α,β-unsaturated/α-hetero) is 1. The maximum Gasteiger partial charge on any atom is 0.234 e. The second-order valence-corrected chi connectivity index (χ2v) is 6.47. The molecule has 1 saturated heterocycles. The van der Waals surface area contributed by atoms with Gasteiger partial charge in [0.1, 0.15) is 5.92 Å². The number of amides is 1. The van der Waals surface area contributed by atoms with Crippen molar-refractivity contribution in [1.82, 2.24) is 4.90 Å². The average Bonchev–Trinajstić information content (AvgIpc) is 2.86. The Hall–Kier alpha value is -2.42. The van der Waals surface area contributed by atoms with Crippen LogP contribution >= 0.6 is 0 Å². The van der Waals surface area contributed by atoms with E-state index in [-0.39, 0.29) is 23.7 Å². The van der Waals surface area contributed by atoms with E-state index in [0.717, 1.165) is 12.0 Å². The smallest absolute Gasteiger partial charge is 0.234 e. The Labute approximate surface area is 143 Å². The van der Waals surface area contributed by atoms with Crippen molar-refractivity contribution < 1.29 is 9.59 Å². The van der Waals surface area contributed by atoms with Gasteiger partial charge in [0, 0.05) is 18.2 Å². The highest BCUT2D eigenvalue weighted by Crippen LogP contribution is 2.36. The summed E-state index contributed by atoms with van der Waals surface area (Å²) in [6, 6.07) is 19.2. The third kappa shape index (κ3) is 2.99. The second kappa shape index (κ2) is 7.00. The third-order valence-electron chi connectivity index (χ3n) is 5.10. The van der Waals surface area contributed by atoms with Crippen LogP contribution in [0.25, 0.3) is 0 Å². The van der Waals surface area contributed by atoms with Crippen molar-refractivity contribution in [3.8, 4) is 0 Å². The molecule has 1 aliphatic rings. The zero-order chi connectivity index (χ0) is 17.1. The molecular formula is C21H23NO2. The number of ketones is 1. The fourth-order valence-corrected chi connectivity index (χ4v) is 3.74. The summed E-state index contributed by atoms with van der Waals surface area (Å²) in [5.74, 6) is -0.577. The van der Waals surface area contributed by atoms with Crippen LogP contribution in [0.3, 0.4) is 0 Å². The van der Waals surface area contributed by atoms with Crippen molar-refractivity contribution in [2.75, 3.05) is 0 Å². The first kappa shape index (κ1) is 16.4. The maximum atomic E-state index is 13.0. The molecule has 24 heavy (non-hydrogen) atoms. The first-order valence-electron chi connectivity index (χ1n) is 8.57. The van der Waals surface area contributed by atoms with Crippen molar-refractivity contribution >= 4 is 11.7 Å². The molecule has 0 spiro atoms. The van der Waals surface area contributed by atoms with Gasteiger partial charge >= 0.3 is 0 Å². The lowest BCUT2D eigenvalue weighted by Gasteiger charge is -2.24. The largest absolute Gasteiger partial charge is 0.335 e. The lowest BCUT2D eigenvalue weighted by Crippen LogP contribution is -2.33. The molecular weight excluding hydrogens is 298 g/mol. The topological polar surface area (TPSA) is 37.4 Å². The summed E-state index contributed by atoms with van der Waals surface area (Å²) in [4.78, 5) is 27.8. The molecule has 1 amide bonds. The molecule has 0 aromatic heterocycles. The van der Waals surface area contributed by atoms with E-state index in [1.807, 2.05) is 53.4 Å². The molecule has 1 aliphatic heterocycles. The molecule has 0 aliphatic carbocycles. The van der Waals surface area contributed by atoms with Crippen molar-refractivity contribution in [3.63, 3.8) is 0 Å². The molecule has 0 bridgehead atoms. The Morgan fingerprint density at radius 1 is 1.00 bits per heavy atom. The molecule has 3 heteroatoms. The van der Waals surface area contributed by atoms with Gasteiger partial charge in [-0.1, -0.05) is 74.0 Å². The summed E-state index contributed by atoms with van der Waals surface area (Å²) >= 11 is 0. The summed E-state index contributed by atoms with van der Waals surface area (Å²) in [6.07, 6.45) is 0.821. The van der Waals surface area contributed by atoms with Crippen LogP contribution in [0, 0.1) is 11.8 Å². The summed E-state index contributed by atoms with van der Waals surface area (Å²) in [6.45, 7) is 4.69. The van der Waals surface area contributed by atoms with Gasteiger partial charge in [0.2, 0.25) is 5.91 Å². The molecule has 2 aromatic rings. The Balaban J connectivity index is 1.87. The van der Waals surface area contributed by atoms with Gasteiger partial charge in [-0.05, 0) is 18.4 Å². The van der Waals surface area contributed by atoms with Crippen LogP contribution in [0.15, 0.2) is 60.7 Å². The molecule has 0 radical (unpaired) electrons. The minimum Gasteiger partial charge on any atom is -0.335 e. The fourth-order valence-electron chi connectivity index (χ4n) is 3.74. The van der Waals surface area contributed by atoms with Crippen LogP contribution in [0.4, 0.5) is 0 Å². The normalized spacial score (nSPS) is 23.5. The quantitative estimate of drug-likeness (QED) is 0.618. The zero-order valence-corrected chi connectivity index (χ0v) is 14.2. The maximum absolute atomic E-state index is 13.0. The summed E-state index contributed by atoms with van der Waals surface area (Å²) in [5, 5.41) is 0. The number of likely N-dealkylation sites (tertiary alicyclic amines) is 1. The Bertz CT molecular complexity index is 711. The number of rotatable bonds is 5. The highest BCUT2D eigenvalue weighted by molar-refractivity contribution is 6.11. The number of nitrogens with zero attached hydrogens (tertiary/aromatic N) is 1. The van der Waals surface area contributed by atoms with Gasteiger partial charge in [0.15, 0.2) is 5.78 Å². The first-order valence-corrected chi connectivity index (χ1v) is 8.57. The van der Waals surface area contributed by atoms with Crippen LogP contribution < -0.4 is 0 Å². The lowest BCUT2D eigenvalue weighted by molar-refractivity contribution is -0.131. The summed E-state index contributed by atoms with van der Waals surface area (Å²) in [7, 11) is 0. The average molecular weight is 321 g/mol. The predicted molar refractivity (Wildman–Crippen MR) is 94.5 cm³/mol. The van der Waals surface area contributed by atoms with E-state index < -0.39 is 5.92 Å². The molecule has 1 heterocycles. The highest BCUT2D eigenvalue weighted by atomic mass is 16.2. The number of carbonyl (C=O) groups excluding carboxylic acids is 2. The predicted octanol–water partition coefficient (Wildman–Crippen LogP) is 3.94. The minimum atomic E-state index is -0.559.